The summed E-state index contributed by atoms with van der Waals surface area (Å²) >= 11 is 11.8. The maximum atomic E-state index is 12.4. The number of carbonyl (C=O) groups excluding carboxylic acids is 1. The Morgan fingerprint density at radius 2 is 1.86 bits per heavy atom. The lowest BCUT2D eigenvalue weighted by atomic mass is 10.3. The number of para-hydroxylation sites is 1. The Bertz CT molecular complexity index is 644. The minimum atomic E-state index is -0.264. The van der Waals surface area contributed by atoms with Gasteiger partial charge in [0.1, 0.15) is 0 Å². The lowest BCUT2D eigenvalue weighted by Crippen LogP contribution is -2.35. The van der Waals surface area contributed by atoms with Crippen LogP contribution in [0.15, 0.2) is 61.2 Å². The zero-order valence-corrected chi connectivity index (χ0v) is 12.7. The Hall–Kier alpha value is -1.97. The molecule has 2 rings (SSSR count). The molecule has 5 heteroatoms. The van der Waals surface area contributed by atoms with Gasteiger partial charge in [-0.15, -0.1) is 6.58 Å². The van der Waals surface area contributed by atoms with Crippen LogP contribution in [0.2, 0.25) is 10.0 Å². The van der Waals surface area contributed by atoms with Crippen LogP contribution in [0.3, 0.4) is 0 Å². The van der Waals surface area contributed by atoms with Gasteiger partial charge in [-0.2, -0.15) is 0 Å². The Labute approximate surface area is 133 Å². The molecule has 0 aliphatic heterocycles. The van der Waals surface area contributed by atoms with Crippen molar-refractivity contribution in [2.24, 2.45) is 0 Å². The van der Waals surface area contributed by atoms with Crippen LogP contribution in [0.25, 0.3) is 0 Å². The van der Waals surface area contributed by atoms with Crippen molar-refractivity contribution in [3.8, 4) is 0 Å². The fourth-order valence-corrected chi connectivity index (χ4v) is 2.11. The maximum Gasteiger partial charge on any atom is 0.326 e. The number of nitrogens with one attached hydrogen (secondary N) is 1. The van der Waals surface area contributed by atoms with Gasteiger partial charge in [0.25, 0.3) is 0 Å². The van der Waals surface area contributed by atoms with Crippen LogP contribution in [-0.4, -0.2) is 12.6 Å². The summed E-state index contributed by atoms with van der Waals surface area (Å²) in [5.74, 6) is 0. The van der Waals surface area contributed by atoms with Crippen LogP contribution in [0.4, 0.5) is 16.2 Å². The number of halogens is 2. The second kappa shape index (κ2) is 7.16. The van der Waals surface area contributed by atoms with Crippen LogP contribution in [-0.2, 0) is 0 Å². The molecule has 0 aromatic heterocycles. The molecule has 0 fully saturated rings. The van der Waals surface area contributed by atoms with E-state index in [0.29, 0.717) is 22.3 Å². The third kappa shape index (κ3) is 4.00. The van der Waals surface area contributed by atoms with Crippen molar-refractivity contribution in [3.63, 3.8) is 0 Å². The topological polar surface area (TPSA) is 32.3 Å². The van der Waals surface area contributed by atoms with Gasteiger partial charge in [0.15, 0.2) is 0 Å². The number of benzene rings is 2. The van der Waals surface area contributed by atoms with E-state index in [-0.39, 0.29) is 6.03 Å². The van der Waals surface area contributed by atoms with Gasteiger partial charge in [0.05, 0.1) is 10.0 Å². The molecule has 0 heterocycles. The monoisotopic (exact) mass is 320 g/mol. The molecule has 0 bridgehead atoms. The lowest BCUT2D eigenvalue weighted by Gasteiger charge is -2.21. The fraction of sp³-hybridized carbons (Fsp3) is 0.0625. The third-order valence-corrected chi connectivity index (χ3v) is 3.53. The van der Waals surface area contributed by atoms with E-state index < -0.39 is 0 Å². The summed E-state index contributed by atoms with van der Waals surface area (Å²) in [6, 6.07) is 14.0. The van der Waals surface area contributed by atoms with E-state index in [1.54, 1.807) is 29.2 Å². The molecule has 0 spiro atoms. The SMILES string of the molecule is C=CCN(C(=O)Nc1ccc(Cl)c(Cl)c1)c1ccccc1. The van der Waals surface area contributed by atoms with E-state index in [2.05, 4.69) is 11.9 Å². The quantitative estimate of drug-likeness (QED) is 0.770. The van der Waals surface area contributed by atoms with E-state index in [1.807, 2.05) is 30.3 Å². The highest BCUT2D eigenvalue weighted by Crippen LogP contribution is 2.25. The van der Waals surface area contributed by atoms with E-state index in [9.17, 15) is 4.79 Å². The van der Waals surface area contributed by atoms with Gasteiger partial charge < -0.3 is 5.32 Å². The molecule has 108 valence electrons. The van der Waals surface area contributed by atoms with Crippen LogP contribution in [0.1, 0.15) is 0 Å². The number of hydrogen-bond acceptors (Lipinski definition) is 1. The molecule has 0 atom stereocenters. The first-order valence-electron chi connectivity index (χ1n) is 6.31. The van der Waals surface area contributed by atoms with Crippen molar-refractivity contribution in [2.75, 3.05) is 16.8 Å². The van der Waals surface area contributed by atoms with Gasteiger partial charge in [-0.3, -0.25) is 4.90 Å². The lowest BCUT2D eigenvalue weighted by molar-refractivity contribution is 0.257. The van der Waals surface area contributed by atoms with Crippen molar-refractivity contribution in [2.45, 2.75) is 0 Å². The smallest absolute Gasteiger partial charge is 0.307 e. The molecule has 0 radical (unpaired) electrons. The number of carbonyl (C=O) groups is 1. The Balaban J connectivity index is 2.19. The van der Waals surface area contributed by atoms with Gasteiger partial charge in [-0.05, 0) is 30.3 Å². The molecule has 2 amide bonds. The second-order valence-corrected chi connectivity index (χ2v) is 5.11. The molecule has 21 heavy (non-hydrogen) atoms. The predicted molar refractivity (Wildman–Crippen MR) is 89.5 cm³/mol. The molecule has 0 unspecified atom stereocenters. The van der Waals surface area contributed by atoms with E-state index in [0.717, 1.165) is 5.69 Å². The van der Waals surface area contributed by atoms with Crippen LogP contribution in [0, 0.1) is 0 Å². The molecular weight excluding hydrogens is 307 g/mol. The first kappa shape index (κ1) is 15.4. The average molecular weight is 321 g/mol. The third-order valence-electron chi connectivity index (χ3n) is 2.80. The minimum absolute atomic E-state index is 0.264. The summed E-state index contributed by atoms with van der Waals surface area (Å²) in [6.07, 6.45) is 1.67. The highest BCUT2D eigenvalue weighted by atomic mass is 35.5. The average Bonchev–Trinajstić information content (AvgIpc) is 2.49. The van der Waals surface area contributed by atoms with Gasteiger partial charge in [-0.25, -0.2) is 4.79 Å². The van der Waals surface area contributed by atoms with Crippen molar-refractivity contribution >= 4 is 40.6 Å². The highest BCUT2D eigenvalue weighted by molar-refractivity contribution is 6.42. The normalized spacial score (nSPS) is 10.0. The number of anilines is 2. The Kier molecular flexibility index (Phi) is 5.26. The van der Waals surface area contributed by atoms with Gasteiger partial charge in [-0.1, -0.05) is 47.5 Å². The van der Waals surface area contributed by atoms with E-state index in [1.165, 1.54) is 0 Å². The van der Waals surface area contributed by atoms with Crippen LogP contribution < -0.4 is 10.2 Å². The summed E-state index contributed by atoms with van der Waals surface area (Å²) in [7, 11) is 0. The highest BCUT2D eigenvalue weighted by Gasteiger charge is 2.14. The Morgan fingerprint density at radius 3 is 2.48 bits per heavy atom. The fourth-order valence-electron chi connectivity index (χ4n) is 1.81. The molecule has 1 N–H and O–H groups in total. The van der Waals surface area contributed by atoms with Crippen LogP contribution >= 0.6 is 23.2 Å². The summed E-state index contributed by atoms with van der Waals surface area (Å²) in [4.78, 5) is 14.0. The zero-order valence-electron chi connectivity index (χ0n) is 11.2. The molecule has 3 nitrogen and oxygen atoms in total. The molecule has 0 saturated carbocycles. The first-order valence-corrected chi connectivity index (χ1v) is 7.07. The van der Waals surface area contributed by atoms with Crippen LogP contribution in [0.5, 0.6) is 0 Å². The number of nitrogens with zero attached hydrogens (tertiary/aromatic N) is 1. The van der Waals surface area contributed by atoms with Gasteiger partial charge in [0.2, 0.25) is 0 Å². The molecule has 0 aliphatic rings. The minimum Gasteiger partial charge on any atom is -0.307 e. The summed E-state index contributed by atoms with van der Waals surface area (Å²) in [5, 5.41) is 3.63. The number of rotatable bonds is 4. The molecule has 2 aromatic carbocycles. The molecule has 2 aromatic rings. The molecule has 0 aliphatic carbocycles. The zero-order chi connectivity index (χ0) is 15.2. The molecular formula is C16H14Cl2N2O. The van der Waals surface area contributed by atoms with Crippen molar-refractivity contribution in [3.05, 3.63) is 71.2 Å². The largest absolute Gasteiger partial charge is 0.326 e. The van der Waals surface area contributed by atoms with E-state index in [4.69, 9.17) is 23.2 Å². The molecule has 0 saturated heterocycles. The van der Waals surface area contributed by atoms with Crippen molar-refractivity contribution in [1.29, 1.82) is 0 Å². The van der Waals surface area contributed by atoms with Crippen molar-refractivity contribution in [1.82, 2.24) is 0 Å². The predicted octanol–water partition coefficient (Wildman–Crippen LogP) is 5.22. The standard InChI is InChI=1S/C16H14Cl2N2O/c1-2-10-20(13-6-4-3-5-7-13)16(21)19-12-8-9-14(17)15(18)11-12/h2-9,11H,1,10H2,(H,19,21). The van der Waals surface area contributed by atoms with E-state index >= 15 is 0 Å². The Morgan fingerprint density at radius 1 is 1.14 bits per heavy atom. The summed E-state index contributed by atoms with van der Waals surface area (Å²) in [5.41, 5.74) is 1.37. The second-order valence-electron chi connectivity index (χ2n) is 4.29. The first-order chi connectivity index (χ1) is 10.1. The van der Waals surface area contributed by atoms with Gasteiger partial charge in [0, 0.05) is 17.9 Å². The maximum absolute atomic E-state index is 12.4. The summed E-state index contributed by atoms with van der Waals surface area (Å²) in [6.45, 7) is 4.08. The number of hydrogen-bond donors (Lipinski definition) is 1. The summed E-state index contributed by atoms with van der Waals surface area (Å²) < 4.78 is 0. The number of urea groups is 1. The van der Waals surface area contributed by atoms with Crippen molar-refractivity contribution < 1.29 is 4.79 Å². The van der Waals surface area contributed by atoms with Gasteiger partial charge >= 0.3 is 6.03 Å². The number of amides is 2.